The first kappa shape index (κ1) is 17.2. The molecule has 0 saturated carbocycles. The van der Waals surface area contributed by atoms with E-state index in [1.807, 2.05) is 0 Å². The fourth-order valence-electron chi connectivity index (χ4n) is 2.10. The van der Waals surface area contributed by atoms with Crippen molar-refractivity contribution in [2.45, 2.75) is 31.7 Å². The number of hydrogen-bond acceptors (Lipinski definition) is 4. The largest absolute Gasteiger partial charge is 0.214 e. The Morgan fingerprint density at radius 3 is 2.53 bits per heavy atom. The van der Waals surface area contributed by atoms with E-state index >= 15 is 0 Å². The van der Waals surface area contributed by atoms with Crippen LogP contribution in [0.4, 0.5) is 0 Å². The van der Waals surface area contributed by atoms with Gasteiger partial charge >= 0.3 is 0 Å². The van der Waals surface area contributed by atoms with Crippen molar-refractivity contribution in [3.05, 3.63) is 0 Å². The minimum Gasteiger partial charge on any atom is -0.213 e. The van der Waals surface area contributed by atoms with E-state index in [-0.39, 0.29) is 18.3 Å². The monoisotopic (exact) mass is 332 g/mol. The van der Waals surface area contributed by atoms with Crippen LogP contribution in [-0.2, 0) is 20.0 Å². The number of hydrogen-bond donors (Lipinski definition) is 1. The predicted molar refractivity (Wildman–Crippen MR) is 76.3 cm³/mol. The average Bonchev–Trinajstić information content (AvgIpc) is 2.27. The van der Waals surface area contributed by atoms with Crippen molar-refractivity contribution >= 4 is 31.6 Å². The van der Waals surface area contributed by atoms with Crippen LogP contribution >= 0.6 is 11.6 Å². The van der Waals surface area contributed by atoms with Crippen molar-refractivity contribution in [3.8, 4) is 0 Å². The van der Waals surface area contributed by atoms with Gasteiger partial charge in [-0.2, -0.15) is 0 Å². The van der Waals surface area contributed by atoms with Gasteiger partial charge in [-0.1, -0.05) is 0 Å². The van der Waals surface area contributed by atoms with E-state index in [0.29, 0.717) is 38.1 Å². The number of halogens is 1. The molecule has 1 N–H and O–H groups in total. The average molecular weight is 333 g/mol. The molecule has 19 heavy (non-hydrogen) atoms. The molecule has 0 aliphatic carbocycles. The van der Waals surface area contributed by atoms with Crippen LogP contribution in [0.15, 0.2) is 0 Å². The van der Waals surface area contributed by atoms with Gasteiger partial charge in [0.25, 0.3) is 0 Å². The molecule has 1 aliphatic heterocycles. The Hall–Kier alpha value is 0.110. The molecule has 0 amide bonds. The summed E-state index contributed by atoms with van der Waals surface area (Å²) in [6.45, 7) is 0.682. The number of alkyl halides is 1. The Morgan fingerprint density at radius 2 is 1.95 bits per heavy atom. The molecule has 0 aromatic rings. The Balaban J connectivity index is 2.58. The summed E-state index contributed by atoms with van der Waals surface area (Å²) in [6, 6.07) is -0.327. The normalized spacial score (nSPS) is 22.5. The Labute approximate surface area is 120 Å². The van der Waals surface area contributed by atoms with Crippen LogP contribution in [0.5, 0.6) is 0 Å². The van der Waals surface area contributed by atoms with Crippen LogP contribution in [0.2, 0.25) is 0 Å². The van der Waals surface area contributed by atoms with E-state index in [0.717, 1.165) is 6.26 Å². The molecule has 9 heteroatoms. The van der Waals surface area contributed by atoms with Crippen LogP contribution < -0.4 is 4.72 Å². The van der Waals surface area contributed by atoms with Gasteiger partial charge in [-0.15, -0.1) is 11.6 Å². The van der Waals surface area contributed by atoms with E-state index in [9.17, 15) is 16.8 Å². The second-order valence-electron chi connectivity index (χ2n) is 4.80. The van der Waals surface area contributed by atoms with E-state index < -0.39 is 20.0 Å². The first-order chi connectivity index (χ1) is 8.74. The smallest absolute Gasteiger partial charge is 0.213 e. The summed E-state index contributed by atoms with van der Waals surface area (Å²) < 4.78 is 50.4. The van der Waals surface area contributed by atoms with Gasteiger partial charge < -0.3 is 0 Å². The summed E-state index contributed by atoms with van der Waals surface area (Å²) in [7, 11) is -6.61. The van der Waals surface area contributed by atoms with Crippen molar-refractivity contribution in [3.63, 3.8) is 0 Å². The molecule has 1 unspecified atom stereocenters. The van der Waals surface area contributed by atoms with Gasteiger partial charge in [0, 0.05) is 25.0 Å². The van der Waals surface area contributed by atoms with E-state index in [2.05, 4.69) is 4.72 Å². The van der Waals surface area contributed by atoms with Crippen molar-refractivity contribution in [2.75, 3.05) is 31.0 Å². The second-order valence-corrected chi connectivity index (χ2v) is 9.05. The first-order valence-electron chi connectivity index (χ1n) is 6.26. The van der Waals surface area contributed by atoms with Gasteiger partial charge in [0.05, 0.1) is 12.0 Å². The third-order valence-corrected chi connectivity index (χ3v) is 5.90. The highest BCUT2D eigenvalue weighted by Crippen LogP contribution is 2.16. The summed E-state index contributed by atoms with van der Waals surface area (Å²) in [5, 5.41) is 0. The Bertz CT molecular complexity index is 478. The molecular weight excluding hydrogens is 312 g/mol. The summed E-state index contributed by atoms with van der Waals surface area (Å²) in [4.78, 5) is 0. The van der Waals surface area contributed by atoms with Crippen molar-refractivity contribution in [1.29, 1.82) is 0 Å². The molecule has 0 aromatic heterocycles. The zero-order valence-corrected chi connectivity index (χ0v) is 13.4. The lowest BCUT2D eigenvalue weighted by Crippen LogP contribution is -2.49. The SMILES string of the molecule is CS(=O)(=O)NC1CCCN(S(=O)(=O)CCCCCl)C1. The molecular formula is C10H21ClN2O4S2. The molecule has 1 saturated heterocycles. The lowest BCUT2D eigenvalue weighted by atomic mass is 10.1. The molecule has 1 fully saturated rings. The van der Waals surface area contributed by atoms with Gasteiger partial charge in [-0.25, -0.2) is 25.9 Å². The first-order valence-corrected chi connectivity index (χ1v) is 10.3. The fraction of sp³-hybridized carbons (Fsp3) is 1.00. The van der Waals surface area contributed by atoms with Crippen molar-refractivity contribution in [2.24, 2.45) is 0 Å². The van der Waals surface area contributed by atoms with Gasteiger partial charge in [-0.3, -0.25) is 0 Å². The van der Waals surface area contributed by atoms with Crippen LogP contribution in [-0.4, -0.2) is 58.2 Å². The molecule has 1 rings (SSSR count). The lowest BCUT2D eigenvalue weighted by molar-refractivity contribution is 0.303. The Kier molecular flexibility index (Phi) is 6.52. The van der Waals surface area contributed by atoms with Crippen LogP contribution in [0.1, 0.15) is 25.7 Å². The minimum absolute atomic E-state index is 0.0747. The molecule has 1 heterocycles. The maximum absolute atomic E-state index is 12.1. The number of sulfonamides is 2. The van der Waals surface area contributed by atoms with Gasteiger partial charge in [-0.05, 0) is 25.7 Å². The number of piperidine rings is 1. The van der Waals surface area contributed by atoms with E-state index in [1.165, 1.54) is 4.31 Å². The molecule has 0 bridgehead atoms. The predicted octanol–water partition coefficient (Wildman–Crippen LogP) is 0.349. The quantitative estimate of drug-likeness (QED) is 0.538. The molecule has 6 nitrogen and oxygen atoms in total. The van der Waals surface area contributed by atoms with E-state index in [4.69, 9.17) is 11.6 Å². The highest BCUT2D eigenvalue weighted by atomic mass is 35.5. The molecule has 1 atom stereocenters. The Morgan fingerprint density at radius 1 is 1.26 bits per heavy atom. The number of nitrogens with zero attached hydrogens (tertiary/aromatic N) is 1. The van der Waals surface area contributed by atoms with Crippen LogP contribution in [0.25, 0.3) is 0 Å². The maximum atomic E-state index is 12.1. The summed E-state index contributed by atoms with van der Waals surface area (Å²) >= 11 is 5.53. The number of nitrogens with one attached hydrogen (secondary N) is 1. The second kappa shape index (κ2) is 7.21. The van der Waals surface area contributed by atoms with Crippen molar-refractivity contribution in [1.82, 2.24) is 9.03 Å². The third-order valence-electron chi connectivity index (χ3n) is 2.94. The summed E-state index contributed by atoms with van der Waals surface area (Å²) in [5.74, 6) is 0.527. The van der Waals surface area contributed by atoms with Crippen LogP contribution in [0.3, 0.4) is 0 Å². The zero-order valence-electron chi connectivity index (χ0n) is 11.0. The van der Waals surface area contributed by atoms with E-state index in [1.54, 1.807) is 0 Å². The maximum Gasteiger partial charge on any atom is 0.214 e. The molecule has 0 radical (unpaired) electrons. The highest BCUT2D eigenvalue weighted by Gasteiger charge is 2.29. The number of unbranched alkanes of at least 4 members (excludes halogenated alkanes) is 1. The lowest BCUT2D eigenvalue weighted by Gasteiger charge is -2.31. The van der Waals surface area contributed by atoms with Crippen molar-refractivity contribution < 1.29 is 16.8 Å². The standard InChI is InChI=1S/C10H21ClN2O4S2/c1-18(14,15)12-10-5-4-7-13(9-10)19(16,17)8-3-2-6-11/h10,12H,2-9H2,1H3. The molecule has 0 spiro atoms. The fourth-order valence-corrected chi connectivity index (χ4v) is 4.73. The summed E-state index contributed by atoms with van der Waals surface area (Å²) in [6.07, 6.45) is 3.62. The minimum atomic E-state index is -3.30. The van der Waals surface area contributed by atoms with Crippen LogP contribution in [0, 0.1) is 0 Å². The number of rotatable bonds is 7. The highest BCUT2D eigenvalue weighted by molar-refractivity contribution is 7.89. The summed E-state index contributed by atoms with van der Waals surface area (Å²) in [5.41, 5.74) is 0. The zero-order chi connectivity index (χ0) is 14.5. The molecule has 0 aromatic carbocycles. The third kappa shape index (κ3) is 6.40. The van der Waals surface area contributed by atoms with Gasteiger partial charge in [0.1, 0.15) is 0 Å². The molecule has 1 aliphatic rings. The van der Waals surface area contributed by atoms with Gasteiger partial charge in [0.15, 0.2) is 0 Å². The topological polar surface area (TPSA) is 83.6 Å². The molecule has 114 valence electrons. The van der Waals surface area contributed by atoms with Gasteiger partial charge in [0.2, 0.25) is 20.0 Å².